The lowest BCUT2D eigenvalue weighted by Gasteiger charge is -2.34. The van der Waals surface area contributed by atoms with Gasteiger partial charge < -0.3 is 10.6 Å². The second kappa shape index (κ2) is 6.81. The number of carbonyl (C=O) groups is 1. The van der Waals surface area contributed by atoms with Crippen LogP contribution in [0.25, 0.3) is 0 Å². The standard InChI is InChI=1S/C14H20N2O3S2/c1-21(18,19)14-10-20-7-6-16(14)13(17)8-11-4-2-3-5-12(11)9-15/h2-5,14H,6-10,15H2,1H3. The van der Waals surface area contributed by atoms with Crippen molar-refractivity contribution < 1.29 is 13.2 Å². The van der Waals surface area contributed by atoms with Crippen LogP contribution in [0, 0.1) is 0 Å². The van der Waals surface area contributed by atoms with Gasteiger partial charge in [-0.3, -0.25) is 4.79 Å². The van der Waals surface area contributed by atoms with Gasteiger partial charge in [0.05, 0.1) is 6.42 Å². The molecule has 7 heteroatoms. The Morgan fingerprint density at radius 2 is 2.05 bits per heavy atom. The van der Waals surface area contributed by atoms with Crippen LogP contribution in [0.3, 0.4) is 0 Å². The summed E-state index contributed by atoms with van der Waals surface area (Å²) in [6.45, 7) is 0.848. The lowest BCUT2D eigenvalue weighted by molar-refractivity contribution is -0.130. The highest BCUT2D eigenvalue weighted by molar-refractivity contribution is 8.00. The molecule has 5 nitrogen and oxygen atoms in total. The zero-order valence-corrected chi connectivity index (χ0v) is 13.6. The van der Waals surface area contributed by atoms with Crippen LogP contribution in [-0.2, 0) is 27.6 Å². The summed E-state index contributed by atoms with van der Waals surface area (Å²) in [6, 6.07) is 7.51. The number of amides is 1. The van der Waals surface area contributed by atoms with E-state index >= 15 is 0 Å². The Bertz CT molecular complexity index is 616. The van der Waals surface area contributed by atoms with Crippen molar-refractivity contribution in [1.82, 2.24) is 4.90 Å². The number of rotatable bonds is 4. The molecule has 0 bridgehead atoms. The molecular formula is C14H20N2O3S2. The minimum absolute atomic E-state index is 0.147. The Morgan fingerprint density at radius 3 is 2.67 bits per heavy atom. The molecule has 0 spiro atoms. The smallest absolute Gasteiger partial charge is 0.228 e. The Morgan fingerprint density at radius 1 is 1.38 bits per heavy atom. The monoisotopic (exact) mass is 328 g/mol. The molecule has 1 amide bonds. The van der Waals surface area contributed by atoms with Gasteiger partial charge in [-0.1, -0.05) is 24.3 Å². The largest absolute Gasteiger partial charge is 0.326 e. The molecule has 0 saturated carbocycles. The van der Waals surface area contributed by atoms with E-state index in [9.17, 15) is 13.2 Å². The second-order valence-corrected chi connectivity index (χ2v) is 8.45. The van der Waals surface area contributed by atoms with E-state index in [-0.39, 0.29) is 12.3 Å². The second-order valence-electron chi connectivity index (χ2n) is 5.10. The summed E-state index contributed by atoms with van der Waals surface area (Å²) in [7, 11) is -3.27. The van der Waals surface area contributed by atoms with Crippen LogP contribution in [0.2, 0.25) is 0 Å². The number of nitrogens with zero attached hydrogens (tertiary/aromatic N) is 1. The van der Waals surface area contributed by atoms with Gasteiger partial charge in [0.25, 0.3) is 0 Å². The van der Waals surface area contributed by atoms with Crippen LogP contribution in [0.5, 0.6) is 0 Å². The minimum atomic E-state index is -3.27. The lowest BCUT2D eigenvalue weighted by Crippen LogP contribution is -2.50. The number of nitrogens with two attached hydrogens (primary N) is 1. The van der Waals surface area contributed by atoms with Gasteiger partial charge in [0.2, 0.25) is 5.91 Å². The van der Waals surface area contributed by atoms with Crippen LogP contribution in [0.1, 0.15) is 11.1 Å². The lowest BCUT2D eigenvalue weighted by atomic mass is 10.0. The fourth-order valence-corrected chi connectivity index (χ4v) is 5.25. The van der Waals surface area contributed by atoms with Crippen molar-refractivity contribution in [2.24, 2.45) is 5.73 Å². The summed E-state index contributed by atoms with van der Waals surface area (Å²) in [4.78, 5) is 14.0. The Hall–Kier alpha value is -1.05. The molecule has 1 unspecified atom stereocenters. The summed E-state index contributed by atoms with van der Waals surface area (Å²) in [5, 5.41) is -0.714. The first kappa shape index (κ1) is 16.3. The molecule has 21 heavy (non-hydrogen) atoms. The van der Waals surface area contributed by atoms with Crippen molar-refractivity contribution in [3.05, 3.63) is 35.4 Å². The predicted molar refractivity (Wildman–Crippen MR) is 85.7 cm³/mol. The SMILES string of the molecule is CS(=O)(=O)C1CSCCN1C(=O)Cc1ccccc1CN. The third-order valence-electron chi connectivity index (χ3n) is 3.58. The zero-order valence-electron chi connectivity index (χ0n) is 12.0. The molecule has 116 valence electrons. The molecule has 1 saturated heterocycles. The van der Waals surface area contributed by atoms with Crippen LogP contribution in [-0.4, -0.2) is 48.9 Å². The first-order valence-electron chi connectivity index (χ1n) is 6.76. The average Bonchev–Trinajstić information content (AvgIpc) is 2.47. The van der Waals surface area contributed by atoms with Crippen molar-refractivity contribution in [2.45, 2.75) is 18.3 Å². The fraction of sp³-hybridized carbons (Fsp3) is 0.500. The number of thioether (sulfide) groups is 1. The highest BCUT2D eigenvalue weighted by Crippen LogP contribution is 2.22. The maximum Gasteiger partial charge on any atom is 0.228 e. The van der Waals surface area contributed by atoms with Gasteiger partial charge in [-0.2, -0.15) is 11.8 Å². The molecule has 1 heterocycles. The van der Waals surface area contributed by atoms with Gasteiger partial charge >= 0.3 is 0 Å². The molecule has 1 atom stereocenters. The molecule has 1 aromatic rings. The van der Waals surface area contributed by atoms with Crippen LogP contribution >= 0.6 is 11.8 Å². The molecule has 0 aromatic heterocycles. The van der Waals surface area contributed by atoms with Crippen LogP contribution < -0.4 is 5.73 Å². The van der Waals surface area contributed by atoms with Gasteiger partial charge in [0.15, 0.2) is 9.84 Å². The fourth-order valence-electron chi connectivity index (χ4n) is 2.41. The number of hydrogen-bond donors (Lipinski definition) is 1. The highest BCUT2D eigenvalue weighted by Gasteiger charge is 2.34. The maximum atomic E-state index is 12.5. The number of benzene rings is 1. The quantitative estimate of drug-likeness (QED) is 0.877. The van der Waals surface area contributed by atoms with E-state index in [0.717, 1.165) is 16.9 Å². The summed E-state index contributed by atoms with van der Waals surface area (Å²) in [5.41, 5.74) is 7.47. The summed E-state index contributed by atoms with van der Waals surface area (Å²) >= 11 is 1.57. The van der Waals surface area contributed by atoms with Crippen molar-refractivity contribution in [3.8, 4) is 0 Å². The summed E-state index contributed by atoms with van der Waals surface area (Å²) < 4.78 is 23.7. The molecule has 1 aliphatic heterocycles. The minimum Gasteiger partial charge on any atom is -0.326 e. The molecule has 2 N–H and O–H groups in total. The highest BCUT2D eigenvalue weighted by atomic mass is 32.2. The molecule has 0 aliphatic carbocycles. The van der Waals surface area contributed by atoms with Crippen molar-refractivity contribution in [2.75, 3.05) is 24.3 Å². The third kappa shape index (κ3) is 3.99. The normalized spacial score (nSPS) is 19.5. The molecule has 1 aliphatic rings. The van der Waals surface area contributed by atoms with Crippen LogP contribution in [0.15, 0.2) is 24.3 Å². The Labute approximate surface area is 129 Å². The van der Waals surface area contributed by atoms with Crippen molar-refractivity contribution >= 4 is 27.5 Å². The average molecular weight is 328 g/mol. The van der Waals surface area contributed by atoms with E-state index in [1.807, 2.05) is 24.3 Å². The van der Waals surface area contributed by atoms with E-state index < -0.39 is 15.2 Å². The van der Waals surface area contributed by atoms with E-state index in [0.29, 0.717) is 18.8 Å². The van der Waals surface area contributed by atoms with Gasteiger partial charge in [-0.15, -0.1) is 0 Å². The Kier molecular flexibility index (Phi) is 5.29. The molecule has 0 radical (unpaired) electrons. The van der Waals surface area contributed by atoms with Crippen molar-refractivity contribution in [3.63, 3.8) is 0 Å². The zero-order chi connectivity index (χ0) is 15.5. The first-order valence-corrected chi connectivity index (χ1v) is 9.87. The topological polar surface area (TPSA) is 80.5 Å². The third-order valence-corrected chi connectivity index (χ3v) is 6.22. The van der Waals surface area contributed by atoms with Gasteiger partial charge in [-0.25, -0.2) is 8.42 Å². The Balaban J connectivity index is 2.18. The summed E-state index contributed by atoms with van der Waals surface area (Å²) in [6.07, 6.45) is 1.39. The van der Waals surface area contributed by atoms with E-state index in [2.05, 4.69) is 0 Å². The molecule has 1 aromatic carbocycles. The van der Waals surface area contributed by atoms with Gasteiger partial charge in [-0.05, 0) is 11.1 Å². The van der Waals surface area contributed by atoms with Gasteiger partial charge in [0, 0.05) is 30.9 Å². The van der Waals surface area contributed by atoms with E-state index in [4.69, 9.17) is 5.73 Å². The first-order chi connectivity index (χ1) is 9.93. The van der Waals surface area contributed by atoms with E-state index in [1.54, 1.807) is 11.8 Å². The van der Waals surface area contributed by atoms with Gasteiger partial charge in [0.1, 0.15) is 5.37 Å². The maximum absolute atomic E-state index is 12.5. The number of carbonyl (C=O) groups excluding carboxylic acids is 1. The summed E-state index contributed by atoms with van der Waals surface area (Å²) in [5.74, 6) is 1.07. The van der Waals surface area contributed by atoms with Crippen LogP contribution in [0.4, 0.5) is 0 Å². The molecule has 2 rings (SSSR count). The van der Waals surface area contributed by atoms with Crippen molar-refractivity contribution in [1.29, 1.82) is 0 Å². The molecule has 1 fully saturated rings. The number of sulfone groups is 1. The van der Waals surface area contributed by atoms with E-state index in [1.165, 1.54) is 11.2 Å². The predicted octanol–water partition coefficient (Wildman–Crippen LogP) is 0.634. The number of hydrogen-bond acceptors (Lipinski definition) is 5. The molecular weight excluding hydrogens is 308 g/mol.